The van der Waals surface area contributed by atoms with Crippen LogP contribution in [0.4, 0.5) is 10.2 Å². The lowest BCUT2D eigenvalue weighted by molar-refractivity contribution is 0.191. The number of ether oxygens (including phenoxy) is 2. The number of hydrogen-bond acceptors (Lipinski definition) is 9. The molecule has 2 aromatic heterocycles. The number of benzene rings is 2. The molecule has 3 heterocycles. The van der Waals surface area contributed by atoms with Crippen molar-refractivity contribution in [1.29, 1.82) is 0 Å². The van der Waals surface area contributed by atoms with E-state index in [1.807, 2.05) is 54.6 Å². The number of rotatable bonds is 12. The molecule has 0 atom stereocenters. The molecule has 1 aliphatic rings. The molecular formula is C33H39FN6O4S. The molecule has 10 nitrogen and oxygen atoms in total. The first kappa shape index (κ1) is 32.3. The van der Waals surface area contributed by atoms with Gasteiger partial charge < -0.3 is 19.3 Å². The van der Waals surface area contributed by atoms with Crippen LogP contribution in [0.25, 0.3) is 11.3 Å². The van der Waals surface area contributed by atoms with Crippen molar-refractivity contribution in [3.8, 4) is 22.8 Å². The Morgan fingerprint density at radius 3 is 1.96 bits per heavy atom. The van der Waals surface area contributed by atoms with Gasteiger partial charge in [-0.3, -0.25) is 0 Å². The Kier molecular flexibility index (Phi) is 10.3. The molecule has 0 bridgehead atoms. The predicted molar refractivity (Wildman–Crippen MR) is 172 cm³/mol. The molecule has 0 N–H and O–H groups in total. The molecule has 0 unspecified atom stereocenters. The third-order valence-corrected chi connectivity index (χ3v) is 9.21. The molecule has 0 spiro atoms. The second-order valence-corrected chi connectivity index (χ2v) is 13.1. The van der Waals surface area contributed by atoms with Gasteiger partial charge in [0, 0.05) is 58.1 Å². The molecule has 1 aliphatic heterocycles. The van der Waals surface area contributed by atoms with E-state index < -0.39 is 16.0 Å². The zero-order valence-electron chi connectivity index (χ0n) is 26.1. The zero-order valence-corrected chi connectivity index (χ0v) is 26.9. The van der Waals surface area contributed by atoms with E-state index >= 15 is 4.39 Å². The summed E-state index contributed by atoms with van der Waals surface area (Å²) >= 11 is 0. The molecule has 0 amide bonds. The number of aromatic nitrogens is 3. The van der Waals surface area contributed by atoms with Gasteiger partial charge in [-0.15, -0.1) is 0 Å². The van der Waals surface area contributed by atoms with Gasteiger partial charge in [-0.1, -0.05) is 24.3 Å². The summed E-state index contributed by atoms with van der Waals surface area (Å²) in [5.41, 5.74) is 3.78. The van der Waals surface area contributed by atoms with Crippen molar-refractivity contribution in [3.05, 3.63) is 95.3 Å². The van der Waals surface area contributed by atoms with E-state index in [9.17, 15) is 8.42 Å². The number of halogens is 1. The number of aryl methyl sites for hydroxylation is 1. The fraction of sp³-hybridized carbons (Fsp3) is 0.364. The van der Waals surface area contributed by atoms with Crippen LogP contribution in [-0.2, 0) is 29.5 Å². The second kappa shape index (κ2) is 14.3. The molecule has 5 rings (SSSR count). The Balaban J connectivity index is 1.38. The highest BCUT2D eigenvalue weighted by Gasteiger charge is 2.23. The molecule has 1 saturated heterocycles. The molecular weight excluding hydrogens is 595 g/mol. The van der Waals surface area contributed by atoms with Crippen molar-refractivity contribution in [3.63, 3.8) is 0 Å². The van der Waals surface area contributed by atoms with Crippen LogP contribution < -0.4 is 14.4 Å². The van der Waals surface area contributed by atoms with Crippen molar-refractivity contribution in [2.24, 2.45) is 0 Å². The van der Waals surface area contributed by atoms with Gasteiger partial charge in [0.25, 0.3) is 0 Å². The van der Waals surface area contributed by atoms with E-state index in [0.717, 1.165) is 34.7 Å². The van der Waals surface area contributed by atoms with Gasteiger partial charge in [0.05, 0.1) is 31.7 Å². The number of pyridine rings is 1. The van der Waals surface area contributed by atoms with Crippen LogP contribution in [0.3, 0.4) is 0 Å². The predicted octanol–water partition coefficient (Wildman–Crippen LogP) is 4.33. The van der Waals surface area contributed by atoms with Gasteiger partial charge in [0.1, 0.15) is 23.1 Å². The van der Waals surface area contributed by atoms with Crippen molar-refractivity contribution in [2.75, 3.05) is 58.1 Å². The summed E-state index contributed by atoms with van der Waals surface area (Å²) in [6.07, 6.45) is 3.45. The molecule has 1 fully saturated rings. The third-order valence-electron chi connectivity index (χ3n) is 7.90. The van der Waals surface area contributed by atoms with Gasteiger partial charge in [-0.05, 0) is 60.4 Å². The van der Waals surface area contributed by atoms with E-state index in [2.05, 4.69) is 19.8 Å². The quantitative estimate of drug-likeness (QED) is 0.211. The summed E-state index contributed by atoms with van der Waals surface area (Å²) in [7, 11) is 0.0972. The summed E-state index contributed by atoms with van der Waals surface area (Å²) in [6, 6.07) is 19.4. The average molecular weight is 635 g/mol. The average Bonchev–Trinajstić information content (AvgIpc) is 3.04. The fourth-order valence-corrected chi connectivity index (χ4v) is 6.18. The molecule has 2 aromatic carbocycles. The monoisotopic (exact) mass is 634 g/mol. The van der Waals surface area contributed by atoms with E-state index in [4.69, 9.17) is 14.5 Å². The van der Waals surface area contributed by atoms with Crippen LogP contribution in [0.1, 0.15) is 22.5 Å². The third kappa shape index (κ3) is 8.53. The topological polar surface area (TPSA) is 101 Å². The summed E-state index contributed by atoms with van der Waals surface area (Å²) in [6.45, 7) is 5.88. The van der Waals surface area contributed by atoms with Gasteiger partial charge in [-0.25, -0.2) is 23.4 Å². The molecule has 0 aliphatic carbocycles. The summed E-state index contributed by atoms with van der Waals surface area (Å²) in [4.78, 5) is 17.8. The van der Waals surface area contributed by atoms with Gasteiger partial charge in [0.15, 0.2) is 0 Å². The Labute approximate surface area is 264 Å². The smallest absolute Gasteiger partial charge is 0.222 e. The maximum absolute atomic E-state index is 15.2. The first-order valence-corrected chi connectivity index (χ1v) is 16.6. The highest BCUT2D eigenvalue weighted by molar-refractivity contribution is 7.88. The Morgan fingerprint density at radius 1 is 0.844 bits per heavy atom. The normalized spacial score (nSPS) is 14.3. The molecule has 45 heavy (non-hydrogen) atoms. The summed E-state index contributed by atoms with van der Waals surface area (Å²) in [5.74, 6) is 2.14. The maximum Gasteiger partial charge on any atom is 0.222 e. The fourth-order valence-electron chi connectivity index (χ4n) is 5.35. The minimum absolute atomic E-state index is 0.315. The molecule has 4 aromatic rings. The minimum atomic E-state index is -3.18. The summed E-state index contributed by atoms with van der Waals surface area (Å²) < 4.78 is 51.1. The largest absolute Gasteiger partial charge is 0.497 e. The standard InChI is InChI=1S/C33H39FN6O4S/c1-24-36-31(30-19-27(21-35-33(30)34)13-14-38-15-17-40(18-16-38)45(4,41)42)20-32(37-24)39(22-25-5-9-28(43-2)10-6-25)23-26-7-11-29(44-3)12-8-26/h5-12,19-21H,13-18,22-23H2,1-4H3. The molecule has 12 heteroatoms. The minimum Gasteiger partial charge on any atom is -0.497 e. The Hall–Kier alpha value is -4.13. The van der Waals surface area contributed by atoms with Crippen molar-refractivity contribution in [2.45, 2.75) is 26.4 Å². The van der Waals surface area contributed by atoms with Gasteiger partial charge >= 0.3 is 0 Å². The lowest BCUT2D eigenvalue weighted by Crippen LogP contribution is -2.48. The van der Waals surface area contributed by atoms with Gasteiger partial charge in [-0.2, -0.15) is 8.70 Å². The lowest BCUT2D eigenvalue weighted by Gasteiger charge is -2.33. The first-order chi connectivity index (χ1) is 21.6. The Bertz CT molecular complexity index is 1650. The van der Waals surface area contributed by atoms with Crippen molar-refractivity contribution in [1.82, 2.24) is 24.2 Å². The number of methoxy groups -OCH3 is 2. The van der Waals surface area contributed by atoms with Crippen molar-refractivity contribution < 1.29 is 22.3 Å². The SMILES string of the molecule is COc1ccc(CN(Cc2ccc(OC)cc2)c2cc(-c3cc(CCN4CCN(S(C)(=O)=O)CC4)cnc3F)nc(C)n2)cc1. The maximum atomic E-state index is 15.2. The van der Waals surface area contributed by atoms with Crippen LogP contribution in [0, 0.1) is 12.9 Å². The van der Waals surface area contributed by atoms with Gasteiger partial charge in [0.2, 0.25) is 16.0 Å². The number of sulfonamides is 1. The van der Waals surface area contributed by atoms with E-state index in [1.165, 1.54) is 10.6 Å². The van der Waals surface area contributed by atoms with Crippen LogP contribution in [0.2, 0.25) is 0 Å². The highest BCUT2D eigenvalue weighted by Crippen LogP contribution is 2.27. The number of nitrogens with zero attached hydrogens (tertiary/aromatic N) is 6. The van der Waals surface area contributed by atoms with Crippen LogP contribution >= 0.6 is 0 Å². The van der Waals surface area contributed by atoms with E-state index in [0.29, 0.717) is 68.6 Å². The van der Waals surface area contributed by atoms with Crippen LogP contribution in [-0.4, -0.2) is 85.8 Å². The summed E-state index contributed by atoms with van der Waals surface area (Å²) in [5, 5.41) is 0. The number of piperazine rings is 1. The Morgan fingerprint density at radius 2 is 1.42 bits per heavy atom. The number of anilines is 1. The van der Waals surface area contributed by atoms with Crippen molar-refractivity contribution >= 4 is 15.8 Å². The van der Waals surface area contributed by atoms with Crippen LogP contribution in [0.5, 0.6) is 11.5 Å². The lowest BCUT2D eigenvalue weighted by atomic mass is 10.1. The van der Waals surface area contributed by atoms with E-state index in [-0.39, 0.29) is 0 Å². The number of hydrogen-bond donors (Lipinski definition) is 0. The van der Waals surface area contributed by atoms with E-state index in [1.54, 1.807) is 33.4 Å². The molecule has 238 valence electrons. The molecule has 0 radical (unpaired) electrons. The molecule has 0 saturated carbocycles. The highest BCUT2D eigenvalue weighted by atomic mass is 32.2. The first-order valence-electron chi connectivity index (χ1n) is 14.8. The second-order valence-electron chi connectivity index (χ2n) is 11.1. The zero-order chi connectivity index (χ0) is 32.0. The van der Waals surface area contributed by atoms with Crippen LogP contribution in [0.15, 0.2) is 66.9 Å².